The lowest BCUT2D eigenvalue weighted by Crippen LogP contribution is -2.48. The van der Waals surface area contributed by atoms with E-state index in [0.717, 1.165) is 15.4 Å². The predicted molar refractivity (Wildman–Crippen MR) is 117 cm³/mol. The Bertz CT molecular complexity index is 949. The molecular weight excluding hydrogens is 404 g/mol. The lowest BCUT2D eigenvalue weighted by atomic mass is 9.98. The van der Waals surface area contributed by atoms with E-state index in [1.165, 1.54) is 16.9 Å². The van der Waals surface area contributed by atoms with Crippen LogP contribution in [0.4, 0.5) is 4.79 Å². The molecule has 0 aliphatic carbocycles. The van der Waals surface area contributed by atoms with Gasteiger partial charge in [0.25, 0.3) is 0 Å². The number of hydrazine groups is 1. The smallest absolute Gasteiger partial charge is 0.325 e. The summed E-state index contributed by atoms with van der Waals surface area (Å²) in [6.07, 6.45) is 0.121. The lowest BCUT2D eigenvalue weighted by Gasteiger charge is -2.19. The van der Waals surface area contributed by atoms with Gasteiger partial charge in [0.2, 0.25) is 5.91 Å². The van der Waals surface area contributed by atoms with Gasteiger partial charge < -0.3 is 5.32 Å². The van der Waals surface area contributed by atoms with Crippen molar-refractivity contribution < 1.29 is 9.59 Å². The minimum Gasteiger partial charge on any atom is -0.325 e. The van der Waals surface area contributed by atoms with Gasteiger partial charge >= 0.3 is 6.03 Å². The molecule has 3 rings (SSSR count). The molecule has 3 N–H and O–H groups in total. The number of carbonyl (C=O) groups excluding carboxylic acids is 2. The van der Waals surface area contributed by atoms with Crippen molar-refractivity contribution in [1.82, 2.24) is 21.2 Å². The SMILES string of the molecule is Cc1nc(CC(=O)NNC(=O)N[C@@H](c2ccc(C(C)C)cc2)c2cccs2)cs1. The number of nitrogens with zero attached hydrogens (tertiary/aromatic N) is 1. The fourth-order valence-electron chi connectivity index (χ4n) is 2.84. The van der Waals surface area contributed by atoms with Crippen LogP contribution in [0.5, 0.6) is 0 Å². The fraction of sp³-hybridized carbons (Fsp3) is 0.286. The zero-order valence-electron chi connectivity index (χ0n) is 16.6. The predicted octanol–water partition coefficient (Wildman–Crippen LogP) is 4.30. The minimum absolute atomic E-state index is 0.121. The molecule has 2 heterocycles. The summed E-state index contributed by atoms with van der Waals surface area (Å²) in [7, 11) is 0. The highest BCUT2D eigenvalue weighted by Gasteiger charge is 2.18. The van der Waals surface area contributed by atoms with Crippen LogP contribution in [0.2, 0.25) is 0 Å². The highest BCUT2D eigenvalue weighted by molar-refractivity contribution is 7.10. The summed E-state index contributed by atoms with van der Waals surface area (Å²) >= 11 is 3.06. The minimum atomic E-state index is -0.473. The third kappa shape index (κ3) is 5.88. The van der Waals surface area contributed by atoms with E-state index in [2.05, 4.69) is 47.1 Å². The molecule has 8 heteroatoms. The number of hydrogen-bond donors (Lipinski definition) is 3. The van der Waals surface area contributed by atoms with Crippen molar-refractivity contribution in [3.8, 4) is 0 Å². The van der Waals surface area contributed by atoms with Gasteiger partial charge in [-0.3, -0.25) is 10.2 Å². The van der Waals surface area contributed by atoms with E-state index in [4.69, 9.17) is 0 Å². The van der Waals surface area contributed by atoms with E-state index in [1.54, 1.807) is 11.3 Å². The fourth-order valence-corrected chi connectivity index (χ4v) is 4.25. The van der Waals surface area contributed by atoms with Crippen LogP contribution in [-0.2, 0) is 11.2 Å². The number of urea groups is 1. The van der Waals surface area contributed by atoms with E-state index in [-0.39, 0.29) is 18.4 Å². The molecule has 0 bridgehead atoms. The Kier molecular flexibility index (Phi) is 7.00. The maximum Gasteiger partial charge on any atom is 0.334 e. The summed E-state index contributed by atoms with van der Waals surface area (Å²) in [6.45, 7) is 6.18. The Morgan fingerprint density at radius 1 is 1.03 bits per heavy atom. The van der Waals surface area contributed by atoms with Crippen LogP contribution < -0.4 is 16.2 Å². The van der Waals surface area contributed by atoms with Gasteiger partial charge in [0.1, 0.15) is 0 Å². The van der Waals surface area contributed by atoms with Crippen LogP contribution in [0.3, 0.4) is 0 Å². The van der Waals surface area contributed by atoms with Gasteiger partial charge in [-0.25, -0.2) is 15.2 Å². The van der Waals surface area contributed by atoms with Crippen molar-refractivity contribution in [3.63, 3.8) is 0 Å². The Morgan fingerprint density at radius 2 is 1.76 bits per heavy atom. The molecule has 0 aliphatic heterocycles. The van der Waals surface area contributed by atoms with Gasteiger partial charge in [0.15, 0.2) is 0 Å². The van der Waals surface area contributed by atoms with Crippen molar-refractivity contribution in [1.29, 1.82) is 0 Å². The largest absolute Gasteiger partial charge is 0.334 e. The summed E-state index contributed by atoms with van der Waals surface area (Å²) in [5.74, 6) is 0.122. The topological polar surface area (TPSA) is 83.1 Å². The zero-order valence-corrected chi connectivity index (χ0v) is 18.2. The molecular formula is C21H24N4O2S2. The zero-order chi connectivity index (χ0) is 20.8. The lowest BCUT2D eigenvalue weighted by molar-refractivity contribution is -0.121. The Hall–Kier alpha value is -2.71. The normalized spacial score (nSPS) is 11.9. The average Bonchev–Trinajstić information content (AvgIpc) is 3.36. The van der Waals surface area contributed by atoms with Crippen molar-refractivity contribution >= 4 is 34.6 Å². The van der Waals surface area contributed by atoms with E-state index in [0.29, 0.717) is 11.6 Å². The number of aromatic nitrogens is 1. The van der Waals surface area contributed by atoms with Crippen molar-refractivity contribution in [3.05, 3.63) is 73.9 Å². The molecule has 0 spiro atoms. The number of aryl methyl sites for hydroxylation is 1. The molecule has 1 atom stereocenters. The summed E-state index contributed by atoms with van der Waals surface area (Å²) in [5, 5.41) is 7.65. The first-order chi connectivity index (χ1) is 13.9. The van der Waals surface area contributed by atoms with Gasteiger partial charge in [0.05, 0.1) is 23.2 Å². The maximum atomic E-state index is 12.4. The number of benzene rings is 1. The summed E-state index contributed by atoms with van der Waals surface area (Å²) in [4.78, 5) is 29.7. The Morgan fingerprint density at radius 3 is 2.34 bits per heavy atom. The number of nitrogens with one attached hydrogen (secondary N) is 3. The van der Waals surface area contributed by atoms with Crippen LogP contribution in [0, 0.1) is 6.92 Å². The molecule has 3 amide bonds. The molecule has 0 radical (unpaired) electrons. The molecule has 0 saturated carbocycles. The molecule has 6 nitrogen and oxygen atoms in total. The Labute approximate surface area is 178 Å². The van der Waals surface area contributed by atoms with Gasteiger partial charge in [-0.2, -0.15) is 0 Å². The van der Waals surface area contributed by atoms with E-state index < -0.39 is 6.03 Å². The molecule has 3 aromatic rings. The van der Waals surface area contributed by atoms with E-state index >= 15 is 0 Å². The third-order valence-corrected chi connectivity index (χ3v) is 6.12. The van der Waals surface area contributed by atoms with Gasteiger partial charge in [-0.1, -0.05) is 44.2 Å². The van der Waals surface area contributed by atoms with Crippen LogP contribution in [0.25, 0.3) is 0 Å². The second kappa shape index (κ2) is 9.67. The second-order valence-electron chi connectivity index (χ2n) is 6.95. The molecule has 1 aromatic carbocycles. The quantitative estimate of drug-likeness (QED) is 0.512. The number of hydrogen-bond acceptors (Lipinski definition) is 5. The van der Waals surface area contributed by atoms with Crippen LogP contribution in [0.1, 0.15) is 52.5 Å². The van der Waals surface area contributed by atoms with Crippen LogP contribution >= 0.6 is 22.7 Å². The first kappa shape index (κ1) is 21.0. The summed E-state index contributed by atoms with van der Waals surface area (Å²) in [5.41, 5.74) is 7.78. The number of carbonyl (C=O) groups is 2. The number of thiazole rings is 1. The number of amides is 3. The van der Waals surface area contributed by atoms with Crippen molar-refractivity contribution in [2.75, 3.05) is 0 Å². The Balaban J connectivity index is 1.61. The van der Waals surface area contributed by atoms with E-state index in [1.807, 2.05) is 41.9 Å². The molecule has 2 aromatic heterocycles. The van der Waals surface area contributed by atoms with Gasteiger partial charge in [0, 0.05) is 10.3 Å². The van der Waals surface area contributed by atoms with E-state index in [9.17, 15) is 9.59 Å². The molecule has 0 unspecified atom stereocenters. The van der Waals surface area contributed by atoms with Crippen molar-refractivity contribution in [2.24, 2.45) is 0 Å². The molecule has 0 fully saturated rings. The third-order valence-electron chi connectivity index (χ3n) is 4.36. The maximum absolute atomic E-state index is 12.4. The molecule has 29 heavy (non-hydrogen) atoms. The monoisotopic (exact) mass is 428 g/mol. The summed E-state index contributed by atoms with van der Waals surface area (Å²) in [6, 6.07) is 11.4. The molecule has 152 valence electrons. The molecule has 0 saturated heterocycles. The second-order valence-corrected chi connectivity index (χ2v) is 8.99. The summed E-state index contributed by atoms with van der Waals surface area (Å²) < 4.78 is 0. The van der Waals surface area contributed by atoms with Crippen molar-refractivity contribution in [2.45, 2.75) is 39.2 Å². The standard InChI is InChI=1S/C21H24N4O2S2/c1-13(2)15-6-8-16(9-7-15)20(18-5-4-10-28-18)23-21(27)25-24-19(26)11-17-12-29-14(3)22-17/h4-10,12-13,20H,11H2,1-3H3,(H,24,26)(H2,23,25,27)/t20-/m0/s1. The first-order valence-electron chi connectivity index (χ1n) is 9.32. The highest BCUT2D eigenvalue weighted by atomic mass is 32.1. The number of rotatable bonds is 6. The first-order valence-corrected chi connectivity index (χ1v) is 11.1. The van der Waals surface area contributed by atoms with Crippen LogP contribution in [-0.4, -0.2) is 16.9 Å². The highest BCUT2D eigenvalue weighted by Crippen LogP contribution is 2.27. The van der Waals surface area contributed by atoms with Crippen LogP contribution in [0.15, 0.2) is 47.2 Å². The average molecular weight is 429 g/mol. The molecule has 0 aliphatic rings. The van der Waals surface area contributed by atoms with Gasteiger partial charge in [-0.05, 0) is 35.4 Å². The number of thiophene rings is 1. The van der Waals surface area contributed by atoms with Gasteiger partial charge in [-0.15, -0.1) is 22.7 Å².